The first kappa shape index (κ1) is 11.9. The Hall–Kier alpha value is -1.16. The Morgan fingerprint density at radius 1 is 1.28 bits per heavy atom. The fourth-order valence-corrected chi connectivity index (χ4v) is 2.74. The summed E-state index contributed by atoms with van der Waals surface area (Å²) in [7, 11) is 0. The van der Waals surface area contributed by atoms with Gasteiger partial charge in [0.25, 0.3) is 0 Å². The SMILES string of the molecule is CC1CNC(C2CC2)CN1c1cc(F)ccc1F. The molecule has 2 atom stereocenters. The lowest BCUT2D eigenvalue weighted by Gasteiger charge is -2.40. The fraction of sp³-hybridized carbons (Fsp3) is 0.571. The largest absolute Gasteiger partial charge is 0.364 e. The topological polar surface area (TPSA) is 15.3 Å². The van der Waals surface area contributed by atoms with Gasteiger partial charge in [-0.2, -0.15) is 0 Å². The van der Waals surface area contributed by atoms with E-state index in [1.807, 2.05) is 11.8 Å². The molecule has 4 heteroatoms. The molecule has 18 heavy (non-hydrogen) atoms. The van der Waals surface area contributed by atoms with Gasteiger partial charge in [-0.1, -0.05) is 0 Å². The van der Waals surface area contributed by atoms with Crippen LogP contribution in [0.3, 0.4) is 0 Å². The smallest absolute Gasteiger partial charge is 0.146 e. The van der Waals surface area contributed by atoms with Crippen LogP contribution in [0.2, 0.25) is 0 Å². The predicted molar refractivity (Wildman–Crippen MR) is 67.7 cm³/mol. The summed E-state index contributed by atoms with van der Waals surface area (Å²) in [6.07, 6.45) is 2.51. The molecule has 1 aromatic carbocycles. The van der Waals surface area contributed by atoms with E-state index in [4.69, 9.17) is 0 Å². The van der Waals surface area contributed by atoms with E-state index in [2.05, 4.69) is 5.32 Å². The van der Waals surface area contributed by atoms with Gasteiger partial charge in [-0.05, 0) is 37.8 Å². The number of benzene rings is 1. The van der Waals surface area contributed by atoms with Crippen molar-refractivity contribution in [3.63, 3.8) is 0 Å². The van der Waals surface area contributed by atoms with E-state index in [1.165, 1.54) is 31.0 Å². The zero-order valence-corrected chi connectivity index (χ0v) is 10.5. The van der Waals surface area contributed by atoms with Gasteiger partial charge < -0.3 is 10.2 Å². The molecule has 3 rings (SSSR count). The molecule has 1 N–H and O–H groups in total. The standard InChI is InChI=1S/C14H18F2N2/c1-9-7-17-13(10-2-3-10)8-18(9)14-6-11(15)4-5-12(14)16/h4-6,9-10,13,17H,2-3,7-8H2,1H3. The number of anilines is 1. The molecular weight excluding hydrogens is 234 g/mol. The highest BCUT2D eigenvalue weighted by Gasteiger charge is 2.36. The Kier molecular flexibility index (Phi) is 2.98. The molecule has 0 bridgehead atoms. The Morgan fingerprint density at radius 3 is 2.78 bits per heavy atom. The third-order valence-corrected chi connectivity index (χ3v) is 4.01. The summed E-state index contributed by atoms with van der Waals surface area (Å²) in [5.41, 5.74) is 0.398. The first-order valence-corrected chi connectivity index (χ1v) is 6.60. The van der Waals surface area contributed by atoms with Crippen molar-refractivity contribution < 1.29 is 8.78 Å². The molecule has 2 unspecified atom stereocenters. The summed E-state index contributed by atoms with van der Waals surface area (Å²) < 4.78 is 27.1. The molecular formula is C14H18F2N2. The van der Waals surface area contributed by atoms with Crippen LogP contribution in [-0.2, 0) is 0 Å². The first-order valence-electron chi connectivity index (χ1n) is 6.60. The van der Waals surface area contributed by atoms with Gasteiger partial charge in [0, 0.05) is 31.2 Å². The van der Waals surface area contributed by atoms with Crippen molar-refractivity contribution in [3.05, 3.63) is 29.8 Å². The maximum Gasteiger partial charge on any atom is 0.146 e. The van der Waals surface area contributed by atoms with Gasteiger partial charge in [0.05, 0.1) is 5.69 Å². The van der Waals surface area contributed by atoms with Crippen LogP contribution >= 0.6 is 0 Å². The summed E-state index contributed by atoms with van der Waals surface area (Å²) in [6, 6.07) is 4.30. The molecule has 0 spiro atoms. The zero-order chi connectivity index (χ0) is 12.7. The molecule has 0 amide bonds. The van der Waals surface area contributed by atoms with E-state index in [0.717, 1.165) is 19.0 Å². The normalized spacial score (nSPS) is 28.5. The van der Waals surface area contributed by atoms with E-state index < -0.39 is 0 Å². The van der Waals surface area contributed by atoms with E-state index in [9.17, 15) is 8.78 Å². The monoisotopic (exact) mass is 252 g/mol. The van der Waals surface area contributed by atoms with Crippen LogP contribution < -0.4 is 10.2 Å². The average Bonchev–Trinajstić information content (AvgIpc) is 3.17. The molecule has 98 valence electrons. The number of hydrogen-bond acceptors (Lipinski definition) is 2. The van der Waals surface area contributed by atoms with Crippen molar-refractivity contribution in [1.82, 2.24) is 5.32 Å². The zero-order valence-electron chi connectivity index (χ0n) is 10.5. The summed E-state index contributed by atoms with van der Waals surface area (Å²) >= 11 is 0. The minimum atomic E-state index is -0.375. The summed E-state index contributed by atoms with van der Waals surface area (Å²) in [5.74, 6) is 0.0106. The second kappa shape index (κ2) is 4.50. The van der Waals surface area contributed by atoms with Gasteiger partial charge in [0.15, 0.2) is 0 Å². The molecule has 1 aromatic rings. The highest BCUT2D eigenvalue weighted by Crippen LogP contribution is 2.35. The Bertz CT molecular complexity index is 445. The van der Waals surface area contributed by atoms with Crippen molar-refractivity contribution in [2.24, 2.45) is 5.92 Å². The van der Waals surface area contributed by atoms with Crippen molar-refractivity contribution in [2.45, 2.75) is 31.8 Å². The van der Waals surface area contributed by atoms with Gasteiger partial charge in [-0.25, -0.2) is 8.78 Å². The van der Waals surface area contributed by atoms with Gasteiger partial charge in [-0.3, -0.25) is 0 Å². The quantitative estimate of drug-likeness (QED) is 0.870. The highest BCUT2D eigenvalue weighted by molar-refractivity contribution is 5.50. The van der Waals surface area contributed by atoms with E-state index in [-0.39, 0.29) is 17.7 Å². The minimum Gasteiger partial charge on any atom is -0.364 e. The molecule has 1 aliphatic heterocycles. The van der Waals surface area contributed by atoms with Crippen molar-refractivity contribution >= 4 is 5.69 Å². The molecule has 1 saturated carbocycles. The van der Waals surface area contributed by atoms with E-state index in [1.54, 1.807) is 0 Å². The van der Waals surface area contributed by atoms with Crippen LogP contribution in [-0.4, -0.2) is 25.2 Å². The highest BCUT2D eigenvalue weighted by atomic mass is 19.1. The lowest BCUT2D eigenvalue weighted by atomic mass is 10.0. The molecule has 1 aliphatic carbocycles. The van der Waals surface area contributed by atoms with E-state index in [0.29, 0.717) is 11.7 Å². The predicted octanol–water partition coefficient (Wildman–Crippen LogP) is 2.54. The average molecular weight is 252 g/mol. The van der Waals surface area contributed by atoms with Crippen molar-refractivity contribution in [1.29, 1.82) is 0 Å². The summed E-state index contributed by atoms with van der Waals surface area (Å²) in [4.78, 5) is 2.00. The molecule has 1 saturated heterocycles. The number of nitrogens with zero attached hydrogens (tertiary/aromatic N) is 1. The Morgan fingerprint density at radius 2 is 2.06 bits per heavy atom. The van der Waals surface area contributed by atoms with Gasteiger partial charge in [0.2, 0.25) is 0 Å². The lowest BCUT2D eigenvalue weighted by Crippen LogP contribution is -2.56. The molecule has 1 heterocycles. The van der Waals surface area contributed by atoms with Crippen LogP contribution in [0.4, 0.5) is 14.5 Å². The maximum absolute atomic E-state index is 13.8. The molecule has 0 radical (unpaired) electrons. The Labute approximate surface area is 106 Å². The molecule has 2 nitrogen and oxygen atoms in total. The summed E-state index contributed by atoms with van der Waals surface area (Å²) in [6.45, 7) is 3.64. The lowest BCUT2D eigenvalue weighted by molar-refractivity contribution is 0.372. The van der Waals surface area contributed by atoms with Crippen LogP contribution in [0, 0.1) is 17.6 Å². The van der Waals surface area contributed by atoms with Crippen molar-refractivity contribution in [3.8, 4) is 0 Å². The van der Waals surface area contributed by atoms with Gasteiger partial charge in [-0.15, -0.1) is 0 Å². The second-order valence-electron chi connectivity index (χ2n) is 5.45. The number of nitrogens with one attached hydrogen (secondary N) is 1. The molecule has 2 aliphatic rings. The third kappa shape index (κ3) is 2.21. The number of hydrogen-bond donors (Lipinski definition) is 1. The maximum atomic E-state index is 13.8. The van der Waals surface area contributed by atoms with Crippen LogP contribution in [0.1, 0.15) is 19.8 Å². The molecule has 0 aromatic heterocycles. The second-order valence-corrected chi connectivity index (χ2v) is 5.45. The first-order chi connectivity index (χ1) is 8.65. The van der Waals surface area contributed by atoms with Crippen LogP contribution in [0.15, 0.2) is 18.2 Å². The Balaban J connectivity index is 1.85. The third-order valence-electron chi connectivity index (χ3n) is 4.01. The van der Waals surface area contributed by atoms with Crippen molar-refractivity contribution in [2.75, 3.05) is 18.0 Å². The van der Waals surface area contributed by atoms with Gasteiger partial charge in [0.1, 0.15) is 11.6 Å². The number of halogens is 2. The van der Waals surface area contributed by atoms with Gasteiger partial charge >= 0.3 is 0 Å². The van der Waals surface area contributed by atoms with Crippen LogP contribution in [0.25, 0.3) is 0 Å². The number of piperazine rings is 1. The minimum absolute atomic E-state index is 0.191. The fourth-order valence-electron chi connectivity index (χ4n) is 2.74. The molecule has 2 fully saturated rings. The van der Waals surface area contributed by atoms with E-state index >= 15 is 0 Å². The number of rotatable bonds is 2. The summed E-state index contributed by atoms with van der Waals surface area (Å²) in [5, 5.41) is 3.51. The van der Waals surface area contributed by atoms with Crippen LogP contribution in [0.5, 0.6) is 0 Å².